The highest BCUT2D eigenvalue weighted by Gasteiger charge is 2.48. The summed E-state index contributed by atoms with van der Waals surface area (Å²) in [6.07, 6.45) is 0.537. The van der Waals surface area contributed by atoms with Gasteiger partial charge in [-0.1, -0.05) is 20.8 Å². The molecular weight excluding hydrogens is 438 g/mol. The molecule has 1 N–H and O–H groups in total. The van der Waals surface area contributed by atoms with Gasteiger partial charge in [0.15, 0.2) is 6.29 Å². The third-order valence-electron chi connectivity index (χ3n) is 7.29. The first-order valence-electron chi connectivity index (χ1n) is 12.4. The third kappa shape index (κ3) is 6.52. The summed E-state index contributed by atoms with van der Waals surface area (Å²) in [5.41, 5.74) is -0.354. The summed E-state index contributed by atoms with van der Waals surface area (Å²) in [7, 11) is 5.82. The van der Waals surface area contributed by atoms with Crippen molar-refractivity contribution in [2.24, 2.45) is 17.8 Å². The number of aliphatic hydroxyl groups is 1. The number of carbonyl (C=O) groups excluding carboxylic acids is 1. The third-order valence-corrected chi connectivity index (χ3v) is 7.29. The van der Waals surface area contributed by atoms with Crippen LogP contribution in [0.3, 0.4) is 0 Å². The summed E-state index contributed by atoms with van der Waals surface area (Å²) in [5, 5.41) is 9.78. The fourth-order valence-electron chi connectivity index (χ4n) is 5.32. The summed E-state index contributed by atoms with van der Waals surface area (Å²) < 4.78 is 30.8. The van der Waals surface area contributed by atoms with E-state index in [1.54, 1.807) is 27.9 Å². The Morgan fingerprint density at radius 1 is 1.24 bits per heavy atom. The number of esters is 1. The molecule has 198 valence electrons. The molecule has 8 atom stereocenters. The van der Waals surface area contributed by atoms with Crippen LogP contribution in [0.15, 0.2) is 11.3 Å². The van der Waals surface area contributed by atoms with Gasteiger partial charge in [0.05, 0.1) is 23.4 Å². The Kier molecular flexibility index (Phi) is 9.61. The molecule has 8 nitrogen and oxygen atoms in total. The van der Waals surface area contributed by atoms with E-state index in [0.29, 0.717) is 23.8 Å². The number of carbonyl (C=O) groups is 1. The molecule has 1 fully saturated rings. The molecule has 0 aromatic heterocycles. The van der Waals surface area contributed by atoms with E-state index >= 15 is 0 Å². The minimum absolute atomic E-state index is 0.00912. The molecule has 2 heterocycles. The van der Waals surface area contributed by atoms with Gasteiger partial charge in [0.1, 0.15) is 5.76 Å². The molecule has 0 aromatic carbocycles. The van der Waals surface area contributed by atoms with Crippen molar-refractivity contribution in [2.75, 3.05) is 27.8 Å². The normalized spacial score (nSPS) is 32.0. The van der Waals surface area contributed by atoms with Gasteiger partial charge in [-0.3, -0.25) is 0 Å². The summed E-state index contributed by atoms with van der Waals surface area (Å²) in [6, 6.07) is 0.302. The van der Waals surface area contributed by atoms with Gasteiger partial charge in [-0.15, -0.1) is 0 Å². The molecule has 0 radical (unpaired) electrons. The van der Waals surface area contributed by atoms with Crippen LogP contribution in [-0.4, -0.2) is 79.7 Å². The molecule has 8 heteroatoms. The van der Waals surface area contributed by atoms with E-state index in [4.69, 9.17) is 23.7 Å². The monoisotopic (exact) mass is 485 g/mol. The van der Waals surface area contributed by atoms with Crippen LogP contribution >= 0.6 is 0 Å². The SMILES string of the molecule is CO[C@](C)(C[C@@H](C)CO)[C@H](O[C@@H]1OC(C)CC(N(C)C)C1C)[C@H](C)C1=C(C)C(=O)OC(C)(C)O1. The second-order valence-electron chi connectivity index (χ2n) is 11.2. The van der Waals surface area contributed by atoms with Crippen LogP contribution in [0.2, 0.25) is 0 Å². The highest BCUT2D eigenvalue weighted by molar-refractivity contribution is 5.89. The fraction of sp³-hybridized carbons (Fsp3) is 0.885. The lowest BCUT2D eigenvalue weighted by atomic mass is 9.80. The zero-order valence-electron chi connectivity index (χ0n) is 23.0. The van der Waals surface area contributed by atoms with Crippen LogP contribution in [0.1, 0.15) is 68.2 Å². The Hall–Kier alpha value is -1.19. The van der Waals surface area contributed by atoms with Gasteiger partial charge in [0.2, 0.25) is 5.79 Å². The quantitative estimate of drug-likeness (QED) is 0.469. The van der Waals surface area contributed by atoms with Crippen LogP contribution in [0, 0.1) is 17.8 Å². The number of ether oxygens (including phenoxy) is 5. The Morgan fingerprint density at radius 3 is 2.38 bits per heavy atom. The average molecular weight is 486 g/mol. The molecule has 2 aliphatic heterocycles. The smallest absolute Gasteiger partial charge is 0.340 e. The number of cyclic esters (lactones) is 1. The first-order chi connectivity index (χ1) is 15.7. The van der Waals surface area contributed by atoms with E-state index in [1.807, 2.05) is 20.8 Å². The molecule has 0 aromatic rings. The molecule has 1 saturated heterocycles. The topological polar surface area (TPSA) is 86.7 Å². The van der Waals surface area contributed by atoms with Crippen molar-refractivity contribution in [3.8, 4) is 0 Å². The van der Waals surface area contributed by atoms with Crippen molar-refractivity contribution >= 4 is 5.97 Å². The van der Waals surface area contributed by atoms with Gasteiger partial charge in [-0.25, -0.2) is 4.79 Å². The highest BCUT2D eigenvalue weighted by Crippen LogP contribution is 2.41. The predicted molar refractivity (Wildman–Crippen MR) is 130 cm³/mol. The number of nitrogens with zero attached hydrogens (tertiary/aromatic N) is 1. The lowest BCUT2D eigenvalue weighted by Gasteiger charge is -2.48. The molecule has 2 aliphatic rings. The lowest BCUT2D eigenvalue weighted by Crippen LogP contribution is -2.56. The van der Waals surface area contributed by atoms with Crippen LogP contribution in [0.25, 0.3) is 0 Å². The highest BCUT2D eigenvalue weighted by atomic mass is 16.7. The van der Waals surface area contributed by atoms with Gasteiger partial charge >= 0.3 is 5.97 Å². The zero-order chi connectivity index (χ0) is 26.0. The van der Waals surface area contributed by atoms with Gasteiger partial charge < -0.3 is 33.7 Å². The standard InChI is InChI=1S/C26H47NO7/c1-15(14-28)13-26(8,30-11)22(18(4)21-19(5)23(29)34-25(6,7)33-21)32-24-17(3)20(27(9)10)12-16(2)31-24/h15-18,20,22,24,28H,12-14H2,1-11H3/t15-,16?,17?,18-,20?,22-,24+,26-/m1/s1. The molecular formula is C26H47NO7. The summed E-state index contributed by atoms with van der Waals surface area (Å²) in [4.78, 5) is 14.8. The Balaban J connectivity index is 2.50. The number of methoxy groups -OCH3 is 1. The first-order valence-corrected chi connectivity index (χ1v) is 12.4. The molecule has 0 bridgehead atoms. The Bertz CT molecular complexity index is 737. The minimum Gasteiger partial charge on any atom is -0.456 e. The minimum atomic E-state index is -1.08. The van der Waals surface area contributed by atoms with Crippen LogP contribution in [0.4, 0.5) is 0 Å². The van der Waals surface area contributed by atoms with E-state index in [1.165, 1.54) is 0 Å². The van der Waals surface area contributed by atoms with Crippen molar-refractivity contribution in [1.82, 2.24) is 4.90 Å². The van der Waals surface area contributed by atoms with Gasteiger partial charge in [0.25, 0.3) is 0 Å². The first kappa shape index (κ1) is 29.0. The molecule has 3 unspecified atom stereocenters. The number of hydrogen-bond acceptors (Lipinski definition) is 8. The molecule has 0 aliphatic carbocycles. The van der Waals surface area contributed by atoms with E-state index in [-0.39, 0.29) is 30.5 Å². The van der Waals surface area contributed by atoms with Gasteiger partial charge in [-0.05, 0) is 53.6 Å². The van der Waals surface area contributed by atoms with Crippen molar-refractivity contribution in [3.63, 3.8) is 0 Å². The summed E-state index contributed by atoms with van der Waals surface area (Å²) in [6.45, 7) is 15.4. The van der Waals surface area contributed by atoms with Crippen molar-refractivity contribution in [1.29, 1.82) is 0 Å². The molecule has 34 heavy (non-hydrogen) atoms. The largest absolute Gasteiger partial charge is 0.456 e. The fourth-order valence-corrected chi connectivity index (χ4v) is 5.32. The van der Waals surface area contributed by atoms with E-state index < -0.39 is 29.8 Å². The molecule has 0 saturated carbocycles. The van der Waals surface area contributed by atoms with Crippen molar-refractivity contribution < 1.29 is 33.6 Å². The van der Waals surface area contributed by atoms with Crippen molar-refractivity contribution in [3.05, 3.63) is 11.3 Å². The summed E-state index contributed by atoms with van der Waals surface area (Å²) >= 11 is 0. The second-order valence-corrected chi connectivity index (χ2v) is 11.2. The molecule has 0 amide bonds. The predicted octanol–water partition coefficient (Wildman–Crippen LogP) is 3.72. The molecule has 0 spiro atoms. The van der Waals surface area contributed by atoms with E-state index in [2.05, 4.69) is 32.8 Å². The maximum atomic E-state index is 12.6. The Morgan fingerprint density at radius 2 is 1.85 bits per heavy atom. The number of aliphatic hydroxyl groups excluding tert-OH is 1. The van der Waals surface area contributed by atoms with Crippen LogP contribution in [0.5, 0.6) is 0 Å². The van der Waals surface area contributed by atoms with Gasteiger partial charge in [0, 0.05) is 45.4 Å². The zero-order valence-corrected chi connectivity index (χ0v) is 23.0. The number of hydrogen-bond donors (Lipinski definition) is 1. The maximum Gasteiger partial charge on any atom is 0.340 e. The number of rotatable bonds is 10. The molecule has 2 rings (SSSR count). The second kappa shape index (κ2) is 11.2. The van der Waals surface area contributed by atoms with E-state index in [9.17, 15) is 9.90 Å². The van der Waals surface area contributed by atoms with Crippen molar-refractivity contribution in [2.45, 2.75) is 104 Å². The average Bonchev–Trinajstić information content (AvgIpc) is 2.75. The maximum absolute atomic E-state index is 12.6. The lowest BCUT2D eigenvalue weighted by molar-refractivity contribution is -0.285. The van der Waals surface area contributed by atoms with Gasteiger partial charge in [-0.2, -0.15) is 0 Å². The summed E-state index contributed by atoms with van der Waals surface area (Å²) in [5.74, 6) is -1.18. The van der Waals surface area contributed by atoms with Crippen LogP contribution in [-0.2, 0) is 28.5 Å². The Labute approximate surface area is 205 Å². The van der Waals surface area contributed by atoms with Crippen LogP contribution < -0.4 is 0 Å². The van der Waals surface area contributed by atoms with E-state index in [0.717, 1.165) is 6.42 Å².